The van der Waals surface area contributed by atoms with E-state index < -0.39 is 11.9 Å². The molecule has 0 spiro atoms. The van der Waals surface area contributed by atoms with Crippen LogP contribution in [0.1, 0.15) is 124 Å². The van der Waals surface area contributed by atoms with Crippen molar-refractivity contribution in [3.63, 3.8) is 0 Å². The first kappa shape index (κ1) is 35.5. The number of hydrogen-bond acceptors (Lipinski definition) is 5. The summed E-state index contributed by atoms with van der Waals surface area (Å²) in [5, 5.41) is 13.6. The third-order valence-corrected chi connectivity index (χ3v) is 5.53. The van der Waals surface area contributed by atoms with Crippen LogP contribution in [-0.2, 0) is 23.9 Å². The Hall–Kier alpha value is -2.64. The van der Waals surface area contributed by atoms with Gasteiger partial charge in [-0.05, 0) is 19.8 Å². The Labute approximate surface area is 218 Å². The molecule has 0 saturated heterocycles. The molecule has 36 heavy (non-hydrogen) atoms. The van der Waals surface area contributed by atoms with Crippen LogP contribution in [0.3, 0.4) is 0 Å². The van der Waals surface area contributed by atoms with E-state index in [1.807, 2.05) is 0 Å². The van der Waals surface area contributed by atoms with E-state index in [9.17, 15) is 19.2 Å². The van der Waals surface area contributed by atoms with Gasteiger partial charge in [0.05, 0.1) is 7.11 Å². The van der Waals surface area contributed by atoms with E-state index in [2.05, 4.69) is 35.8 Å². The quantitative estimate of drug-likeness (QED) is 0.102. The third kappa shape index (κ3) is 23.1. The molecule has 8 heteroatoms. The average Bonchev–Trinajstić information content (AvgIpc) is 2.85. The minimum absolute atomic E-state index is 0.00504. The second-order valence-electron chi connectivity index (χ2n) is 8.82. The van der Waals surface area contributed by atoms with Gasteiger partial charge >= 0.3 is 11.9 Å². The number of carbonyl (C=O) groups is 4. The fourth-order valence-corrected chi connectivity index (χ4v) is 3.35. The van der Waals surface area contributed by atoms with Crippen LogP contribution in [0.2, 0.25) is 0 Å². The summed E-state index contributed by atoms with van der Waals surface area (Å²) in [5.41, 5.74) is -0.0339. The molecule has 0 aromatic heterocycles. The molecule has 8 nitrogen and oxygen atoms in total. The number of carbonyl (C=O) groups excluding carboxylic acids is 3. The van der Waals surface area contributed by atoms with Crippen molar-refractivity contribution in [3.05, 3.63) is 24.0 Å². The van der Waals surface area contributed by atoms with Gasteiger partial charge in [-0.25, -0.2) is 9.59 Å². The van der Waals surface area contributed by atoms with Crippen molar-refractivity contribution in [1.29, 1.82) is 0 Å². The molecule has 0 heterocycles. The van der Waals surface area contributed by atoms with Crippen LogP contribution in [0.15, 0.2) is 24.0 Å². The minimum atomic E-state index is -1.09. The van der Waals surface area contributed by atoms with Crippen LogP contribution in [0.5, 0.6) is 0 Å². The molecule has 0 atom stereocenters. The highest BCUT2D eigenvalue weighted by Gasteiger charge is 2.10. The number of allylic oxidation sites excluding steroid dienone is 1. The fourth-order valence-electron chi connectivity index (χ4n) is 3.35. The molecule has 3 N–H and O–H groups in total. The zero-order valence-corrected chi connectivity index (χ0v) is 23.1. The zero-order valence-electron chi connectivity index (χ0n) is 23.1. The lowest BCUT2D eigenvalue weighted by Gasteiger charge is -2.06. The molecule has 0 saturated carbocycles. The Morgan fingerprint density at radius 3 is 1.47 bits per heavy atom. The summed E-state index contributed by atoms with van der Waals surface area (Å²) in [4.78, 5) is 44.5. The molecule has 0 rings (SSSR count). The second kappa shape index (κ2) is 25.5. The molecule has 0 bridgehead atoms. The van der Waals surface area contributed by atoms with Crippen molar-refractivity contribution < 1.29 is 29.0 Å². The first-order valence-corrected chi connectivity index (χ1v) is 13.5. The van der Waals surface area contributed by atoms with Gasteiger partial charge < -0.3 is 20.5 Å². The van der Waals surface area contributed by atoms with Crippen LogP contribution < -0.4 is 10.6 Å². The summed E-state index contributed by atoms with van der Waals surface area (Å²) < 4.78 is 4.44. The molecular weight excluding hydrogens is 460 g/mol. The highest BCUT2D eigenvalue weighted by Crippen LogP contribution is 2.09. The van der Waals surface area contributed by atoms with Crippen LogP contribution in [0.25, 0.3) is 0 Å². The lowest BCUT2D eigenvalue weighted by Crippen LogP contribution is -2.27. The Morgan fingerprint density at radius 1 is 0.722 bits per heavy atom. The van der Waals surface area contributed by atoms with Crippen molar-refractivity contribution >= 4 is 23.8 Å². The lowest BCUT2D eigenvalue weighted by molar-refractivity contribution is -0.137. The predicted octanol–water partition coefficient (Wildman–Crippen LogP) is 6.16. The van der Waals surface area contributed by atoms with Crippen LogP contribution in [0, 0.1) is 0 Å². The number of carboxylic acids is 1. The first-order chi connectivity index (χ1) is 17.2. The molecule has 0 aliphatic carbocycles. The maximum absolute atomic E-state index is 11.4. The monoisotopic (exact) mass is 510 g/mol. The van der Waals surface area contributed by atoms with Gasteiger partial charge in [0.25, 0.3) is 0 Å². The van der Waals surface area contributed by atoms with Crippen LogP contribution in [-0.4, -0.2) is 36.0 Å². The number of aliphatic carboxylic acids is 1. The fraction of sp³-hybridized carbons (Fsp3) is 0.714. The van der Waals surface area contributed by atoms with E-state index in [1.54, 1.807) is 6.92 Å². The normalized spacial score (nSPS) is 10.6. The summed E-state index contributed by atoms with van der Waals surface area (Å²) in [6.45, 7) is 9.41. The average molecular weight is 511 g/mol. The van der Waals surface area contributed by atoms with Crippen molar-refractivity contribution in [2.45, 2.75) is 124 Å². The molecule has 0 unspecified atom stereocenters. The summed E-state index contributed by atoms with van der Waals surface area (Å²) >= 11 is 0. The lowest BCUT2D eigenvalue weighted by atomic mass is 10.1. The molecule has 0 radical (unpaired) electrons. The number of hydrogen-bond donors (Lipinski definition) is 3. The summed E-state index contributed by atoms with van der Waals surface area (Å²) in [6, 6.07) is 0. The number of rotatable bonds is 20. The van der Waals surface area contributed by atoms with E-state index in [1.165, 1.54) is 71.0 Å². The van der Waals surface area contributed by atoms with Crippen molar-refractivity contribution in [3.8, 4) is 0 Å². The summed E-state index contributed by atoms with van der Waals surface area (Å²) in [6.07, 6.45) is 18.4. The Bertz CT molecular complexity index is 673. The molecular formula is C28H50N2O6. The standard InChI is InChI=1S/2C14H25NO3/c1-4-5-6-7-8-9-10-11-13(16)15-12(2)14(17)18-3;1-3-5-6-7-8-9-10-11-13(16)15-12(4-2)14(17)18/h2,4-11H2,1,3H3,(H,15,16);4H,3,5-11H2,1-2H3,(H,15,16)(H,17,18). The minimum Gasteiger partial charge on any atom is -0.477 e. The number of carboxylic acid groups (broad SMARTS) is 1. The zero-order chi connectivity index (χ0) is 27.6. The van der Waals surface area contributed by atoms with Gasteiger partial charge in [0.15, 0.2) is 0 Å². The van der Waals surface area contributed by atoms with E-state index >= 15 is 0 Å². The highest BCUT2D eigenvalue weighted by atomic mass is 16.5. The van der Waals surface area contributed by atoms with Gasteiger partial charge in [-0.2, -0.15) is 0 Å². The van der Waals surface area contributed by atoms with Gasteiger partial charge in [0.1, 0.15) is 11.4 Å². The number of nitrogens with one attached hydrogen (secondary N) is 2. The summed E-state index contributed by atoms with van der Waals surface area (Å²) in [7, 11) is 1.26. The predicted molar refractivity (Wildman–Crippen MR) is 144 cm³/mol. The molecule has 0 aromatic rings. The van der Waals surface area contributed by atoms with E-state index in [-0.39, 0.29) is 23.2 Å². The van der Waals surface area contributed by atoms with E-state index in [0.29, 0.717) is 12.8 Å². The summed E-state index contributed by atoms with van der Waals surface area (Å²) in [5.74, 6) is -2.06. The van der Waals surface area contributed by atoms with Gasteiger partial charge in [0, 0.05) is 12.8 Å². The Kier molecular flexibility index (Phi) is 25.1. The Balaban J connectivity index is 0. The van der Waals surface area contributed by atoms with Crippen molar-refractivity contribution in [2.75, 3.05) is 7.11 Å². The maximum Gasteiger partial charge on any atom is 0.353 e. The van der Waals surface area contributed by atoms with Crippen LogP contribution in [0.4, 0.5) is 0 Å². The molecule has 0 aliphatic heterocycles. The molecule has 2 amide bonds. The smallest absolute Gasteiger partial charge is 0.353 e. The second-order valence-corrected chi connectivity index (χ2v) is 8.82. The number of esters is 1. The number of methoxy groups -OCH3 is 1. The third-order valence-electron chi connectivity index (χ3n) is 5.53. The highest BCUT2D eigenvalue weighted by molar-refractivity contribution is 5.93. The molecule has 208 valence electrons. The van der Waals surface area contributed by atoms with Crippen molar-refractivity contribution in [2.24, 2.45) is 0 Å². The van der Waals surface area contributed by atoms with Crippen LogP contribution >= 0.6 is 0 Å². The van der Waals surface area contributed by atoms with E-state index in [4.69, 9.17) is 5.11 Å². The van der Waals surface area contributed by atoms with Gasteiger partial charge in [0.2, 0.25) is 11.8 Å². The molecule has 0 fully saturated rings. The first-order valence-electron chi connectivity index (χ1n) is 13.5. The topological polar surface area (TPSA) is 122 Å². The van der Waals surface area contributed by atoms with Gasteiger partial charge in [-0.3, -0.25) is 9.59 Å². The number of unbranched alkanes of at least 4 members (excludes halogenated alkanes) is 12. The van der Waals surface area contributed by atoms with Crippen molar-refractivity contribution in [1.82, 2.24) is 10.6 Å². The Morgan fingerprint density at radius 2 is 1.11 bits per heavy atom. The molecule has 0 aromatic carbocycles. The number of ether oxygens (including phenoxy) is 1. The maximum atomic E-state index is 11.4. The number of amides is 2. The van der Waals surface area contributed by atoms with E-state index in [0.717, 1.165) is 32.1 Å². The SMILES string of the molecule is C=C(NC(=O)CCCCCCCCC)C(=O)OC.CC=C(NC(=O)CCCCCCCCC)C(=O)O. The largest absolute Gasteiger partial charge is 0.477 e. The van der Waals surface area contributed by atoms with Gasteiger partial charge in [-0.1, -0.05) is 104 Å². The van der Waals surface area contributed by atoms with Gasteiger partial charge in [-0.15, -0.1) is 0 Å². The molecule has 0 aliphatic rings.